The highest BCUT2D eigenvalue weighted by atomic mass is 79.9. The van der Waals surface area contributed by atoms with Crippen LogP contribution in [0.15, 0.2) is 4.47 Å². The first-order valence-electron chi connectivity index (χ1n) is 5.13. The average molecular weight is 294 g/mol. The zero-order valence-electron chi connectivity index (χ0n) is 10.1. The molecule has 88 valence electrons. The van der Waals surface area contributed by atoms with E-state index >= 15 is 0 Å². The van der Waals surface area contributed by atoms with E-state index in [0.717, 1.165) is 15.9 Å². The van der Waals surface area contributed by atoms with Gasteiger partial charge < -0.3 is 0 Å². The SMILES string of the molecule is Cc1nn(-c2c(C#N)c(C)nn2C)c(C)c1Br. The summed E-state index contributed by atoms with van der Waals surface area (Å²) >= 11 is 3.48. The van der Waals surface area contributed by atoms with E-state index in [1.165, 1.54) is 0 Å². The molecular weight excluding hydrogens is 282 g/mol. The van der Waals surface area contributed by atoms with Crippen molar-refractivity contribution in [2.75, 3.05) is 0 Å². The lowest BCUT2D eigenvalue weighted by Crippen LogP contribution is -2.07. The first kappa shape index (κ1) is 11.9. The molecule has 6 heteroatoms. The van der Waals surface area contributed by atoms with Gasteiger partial charge in [-0.25, -0.2) is 9.36 Å². The molecule has 0 amide bonds. The summed E-state index contributed by atoms with van der Waals surface area (Å²) in [5, 5.41) is 17.9. The zero-order chi connectivity index (χ0) is 12.7. The molecule has 0 atom stereocenters. The van der Waals surface area contributed by atoms with E-state index in [0.29, 0.717) is 17.1 Å². The van der Waals surface area contributed by atoms with E-state index in [-0.39, 0.29) is 0 Å². The maximum atomic E-state index is 9.18. The number of aryl methyl sites for hydroxylation is 3. The lowest BCUT2D eigenvalue weighted by molar-refractivity contribution is 0.682. The van der Waals surface area contributed by atoms with Crippen molar-refractivity contribution >= 4 is 15.9 Å². The highest BCUT2D eigenvalue weighted by Crippen LogP contribution is 2.25. The summed E-state index contributed by atoms with van der Waals surface area (Å²) in [6, 6.07) is 2.18. The minimum absolute atomic E-state index is 0.561. The van der Waals surface area contributed by atoms with E-state index in [1.807, 2.05) is 27.8 Å². The number of halogens is 1. The van der Waals surface area contributed by atoms with Crippen molar-refractivity contribution in [2.45, 2.75) is 20.8 Å². The van der Waals surface area contributed by atoms with Crippen LogP contribution in [0.2, 0.25) is 0 Å². The van der Waals surface area contributed by atoms with Crippen LogP contribution in [0.4, 0.5) is 0 Å². The van der Waals surface area contributed by atoms with E-state index in [4.69, 9.17) is 0 Å². The van der Waals surface area contributed by atoms with Crippen LogP contribution in [0.25, 0.3) is 5.82 Å². The lowest BCUT2D eigenvalue weighted by atomic mass is 10.2. The van der Waals surface area contributed by atoms with Crippen molar-refractivity contribution in [3.05, 3.63) is 27.1 Å². The first-order chi connectivity index (χ1) is 7.97. The molecule has 0 radical (unpaired) electrons. The number of nitrogens with zero attached hydrogens (tertiary/aromatic N) is 5. The Labute approximate surface area is 108 Å². The molecule has 0 aliphatic rings. The van der Waals surface area contributed by atoms with Gasteiger partial charge in [0.25, 0.3) is 0 Å². The number of rotatable bonds is 1. The molecule has 2 aromatic rings. The van der Waals surface area contributed by atoms with Gasteiger partial charge in [-0.3, -0.25) is 0 Å². The van der Waals surface area contributed by atoms with Gasteiger partial charge in [0, 0.05) is 7.05 Å². The van der Waals surface area contributed by atoms with Gasteiger partial charge in [0.1, 0.15) is 11.6 Å². The van der Waals surface area contributed by atoms with Gasteiger partial charge in [-0.1, -0.05) is 0 Å². The van der Waals surface area contributed by atoms with Gasteiger partial charge in [0.2, 0.25) is 0 Å². The molecule has 2 heterocycles. The Morgan fingerprint density at radius 3 is 2.29 bits per heavy atom. The monoisotopic (exact) mass is 293 g/mol. The molecule has 0 N–H and O–H groups in total. The van der Waals surface area contributed by atoms with Gasteiger partial charge in [0.05, 0.1) is 21.6 Å². The second kappa shape index (κ2) is 4.00. The molecule has 0 spiro atoms. The van der Waals surface area contributed by atoms with Crippen LogP contribution in [0.5, 0.6) is 0 Å². The predicted octanol–water partition coefficient (Wildman–Crippen LogP) is 2.17. The van der Waals surface area contributed by atoms with Crippen molar-refractivity contribution in [3.8, 4) is 11.9 Å². The maximum absolute atomic E-state index is 9.18. The topological polar surface area (TPSA) is 59.4 Å². The predicted molar refractivity (Wildman–Crippen MR) is 67.0 cm³/mol. The van der Waals surface area contributed by atoms with Gasteiger partial charge in [0.15, 0.2) is 5.82 Å². The largest absolute Gasteiger partial charge is 0.250 e. The molecule has 0 aliphatic heterocycles. The minimum atomic E-state index is 0.561. The fraction of sp³-hybridized carbons (Fsp3) is 0.364. The van der Waals surface area contributed by atoms with E-state index < -0.39 is 0 Å². The third-order valence-corrected chi connectivity index (χ3v) is 3.86. The molecule has 17 heavy (non-hydrogen) atoms. The van der Waals surface area contributed by atoms with Crippen molar-refractivity contribution < 1.29 is 0 Å². The Morgan fingerprint density at radius 2 is 1.82 bits per heavy atom. The molecule has 0 saturated heterocycles. The van der Waals surface area contributed by atoms with Crippen LogP contribution in [-0.4, -0.2) is 19.6 Å². The summed E-state index contributed by atoms with van der Waals surface area (Å²) < 4.78 is 4.39. The molecule has 0 fully saturated rings. The molecule has 5 nitrogen and oxygen atoms in total. The van der Waals surface area contributed by atoms with Crippen molar-refractivity contribution in [2.24, 2.45) is 7.05 Å². The number of hydrogen-bond donors (Lipinski definition) is 0. The number of nitriles is 1. The Hall–Kier alpha value is -1.61. The lowest BCUT2D eigenvalue weighted by Gasteiger charge is -2.04. The van der Waals surface area contributed by atoms with Crippen molar-refractivity contribution in [3.63, 3.8) is 0 Å². The summed E-state index contributed by atoms with van der Waals surface area (Å²) in [6.45, 7) is 5.69. The van der Waals surface area contributed by atoms with Crippen LogP contribution in [0.1, 0.15) is 22.6 Å². The Bertz CT molecular complexity index is 629. The smallest absolute Gasteiger partial charge is 0.170 e. The molecule has 0 bridgehead atoms. The standard InChI is InChI=1S/C11H12BrN5/c1-6-9(5-13)11(16(4)14-6)17-8(3)10(12)7(2)15-17/h1-4H3. The molecule has 0 aliphatic carbocycles. The minimum Gasteiger partial charge on any atom is -0.250 e. The normalized spacial score (nSPS) is 10.6. The average Bonchev–Trinajstić information content (AvgIpc) is 2.69. The molecule has 0 aromatic carbocycles. The fourth-order valence-corrected chi connectivity index (χ4v) is 2.10. The van der Waals surface area contributed by atoms with Crippen LogP contribution < -0.4 is 0 Å². The second-order valence-corrected chi connectivity index (χ2v) is 4.71. The summed E-state index contributed by atoms with van der Waals surface area (Å²) in [7, 11) is 1.81. The van der Waals surface area contributed by atoms with Crippen molar-refractivity contribution in [1.29, 1.82) is 5.26 Å². The van der Waals surface area contributed by atoms with Gasteiger partial charge in [-0.15, -0.1) is 0 Å². The van der Waals surface area contributed by atoms with E-state index in [1.54, 1.807) is 9.36 Å². The van der Waals surface area contributed by atoms with Gasteiger partial charge in [-0.05, 0) is 36.7 Å². The number of hydrogen-bond acceptors (Lipinski definition) is 3. The second-order valence-electron chi connectivity index (χ2n) is 3.92. The maximum Gasteiger partial charge on any atom is 0.170 e. The molecule has 2 rings (SSSR count). The molecule has 0 unspecified atom stereocenters. The Kier molecular flexibility index (Phi) is 2.79. The van der Waals surface area contributed by atoms with Crippen LogP contribution in [0, 0.1) is 32.1 Å². The molecule has 2 aromatic heterocycles. The van der Waals surface area contributed by atoms with Crippen LogP contribution in [0.3, 0.4) is 0 Å². The van der Waals surface area contributed by atoms with Crippen LogP contribution >= 0.6 is 15.9 Å². The quantitative estimate of drug-likeness (QED) is 0.810. The number of aromatic nitrogens is 4. The third kappa shape index (κ3) is 1.67. The summed E-state index contributed by atoms with van der Waals surface area (Å²) in [5.74, 6) is 0.705. The van der Waals surface area contributed by atoms with E-state index in [9.17, 15) is 5.26 Å². The van der Waals surface area contributed by atoms with Crippen LogP contribution in [-0.2, 0) is 7.05 Å². The Balaban J connectivity index is 2.77. The van der Waals surface area contributed by atoms with E-state index in [2.05, 4.69) is 32.2 Å². The van der Waals surface area contributed by atoms with Crippen molar-refractivity contribution in [1.82, 2.24) is 19.6 Å². The first-order valence-corrected chi connectivity index (χ1v) is 5.92. The zero-order valence-corrected chi connectivity index (χ0v) is 11.7. The summed E-state index contributed by atoms with van der Waals surface area (Å²) in [5.41, 5.74) is 3.13. The third-order valence-electron chi connectivity index (χ3n) is 2.71. The highest BCUT2D eigenvalue weighted by molar-refractivity contribution is 9.10. The summed E-state index contributed by atoms with van der Waals surface area (Å²) in [4.78, 5) is 0. The fourth-order valence-electron chi connectivity index (χ4n) is 1.85. The Morgan fingerprint density at radius 1 is 1.18 bits per heavy atom. The summed E-state index contributed by atoms with van der Waals surface area (Å²) in [6.07, 6.45) is 0. The molecule has 0 saturated carbocycles. The van der Waals surface area contributed by atoms with Gasteiger partial charge in [-0.2, -0.15) is 15.5 Å². The van der Waals surface area contributed by atoms with Gasteiger partial charge >= 0.3 is 0 Å². The molecular formula is C11H12BrN5. The highest BCUT2D eigenvalue weighted by Gasteiger charge is 2.19.